The van der Waals surface area contributed by atoms with E-state index in [1.54, 1.807) is 36.4 Å². The fraction of sp³-hybridized carbons (Fsp3) is 0.0909. The molecule has 0 aliphatic heterocycles. The second kappa shape index (κ2) is 8.75. The molecule has 0 unspecified atom stereocenters. The number of hydrogen-bond acceptors (Lipinski definition) is 2. The smallest absolute Gasteiger partial charge is 0.266 e. The number of aromatic nitrogens is 1. The number of aryl methyl sites for hydroxylation is 1. The number of amides is 1. The van der Waals surface area contributed by atoms with Crippen LogP contribution in [0.3, 0.4) is 0 Å². The highest BCUT2D eigenvalue weighted by atomic mass is 35.5. The van der Waals surface area contributed by atoms with Gasteiger partial charge >= 0.3 is 0 Å². The highest BCUT2D eigenvalue weighted by Gasteiger charge is 2.16. The minimum Gasteiger partial charge on any atom is -0.321 e. The van der Waals surface area contributed by atoms with E-state index in [1.165, 1.54) is 0 Å². The fourth-order valence-corrected chi connectivity index (χ4v) is 3.61. The number of nitriles is 1. The van der Waals surface area contributed by atoms with Crippen molar-refractivity contribution in [2.24, 2.45) is 0 Å². The van der Waals surface area contributed by atoms with Gasteiger partial charge < -0.3 is 9.88 Å². The number of rotatable bonds is 4. The maximum absolute atomic E-state index is 12.5. The zero-order chi connectivity index (χ0) is 21.1. The first kappa shape index (κ1) is 21.0. The Morgan fingerprint density at radius 1 is 1.10 bits per heavy atom. The zero-order valence-electron chi connectivity index (χ0n) is 15.6. The Bertz CT molecular complexity index is 1170. The minimum absolute atomic E-state index is 0.0255. The summed E-state index contributed by atoms with van der Waals surface area (Å²) in [5, 5.41) is 13.6. The highest BCUT2D eigenvalue weighted by Crippen LogP contribution is 2.32. The first-order valence-corrected chi connectivity index (χ1v) is 9.77. The molecule has 146 valence electrons. The first-order chi connectivity index (χ1) is 13.8. The van der Waals surface area contributed by atoms with Crippen LogP contribution in [0.25, 0.3) is 11.8 Å². The maximum Gasteiger partial charge on any atom is 0.266 e. The van der Waals surface area contributed by atoms with Crippen molar-refractivity contribution in [3.05, 3.63) is 86.1 Å². The zero-order valence-corrected chi connectivity index (χ0v) is 17.9. The molecule has 1 N–H and O–H groups in total. The second-order valence-corrected chi connectivity index (χ2v) is 7.59. The number of carbonyl (C=O) groups is 1. The molecule has 0 saturated heterocycles. The van der Waals surface area contributed by atoms with Crippen molar-refractivity contribution < 1.29 is 4.79 Å². The molecule has 3 aromatic rings. The molecule has 0 fully saturated rings. The van der Waals surface area contributed by atoms with Crippen LogP contribution in [0.1, 0.15) is 17.0 Å². The molecular formula is C22H16Cl3N3O. The predicted octanol–water partition coefficient (Wildman–Crippen LogP) is 6.60. The number of benzene rings is 2. The Labute approximate surface area is 183 Å². The number of nitrogens with zero attached hydrogens (tertiary/aromatic N) is 2. The predicted molar refractivity (Wildman–Crippen MR) is 119 cm³/mol. The molecule has 7 heteroatoms. The first-order valence-electron chi connectivity index (χ1n) is 8.64. The topological polar surface area (TPSA) is 57.8 Å². The average molecular weight is 445 g/mol. The maximum atomic E-state index is 12.5. The van der Waals surface area contributed by atoms with Gasteiger partial charge in [0.1, 0.15) is 11.6 Å². The SMILES string of the molecule is Cc1cc(/C=C(/C#N)C(=O)Nc2cccc(Cl)c2)c(C)n1-c1cccc(Cl)c1Cl. The Morgan fingerprint density at radius 2 is 1.83 bits per heavy atom. The third-order valence-electron chi connectivity index (χ3n) is 4.39. The molecule has 0 aliphatic carbocycles. The molecule has 1 heterocycles. The minimum atomic E-state index is -0.514. The molecule has 0 aliphatic rings. The fourth-order valence-electron chi connectivity index (χ4n) is 3.04. The number of hydrogen-bond donors (Lipinski definition) is 1. The largest absolute Gasteiger partial charge is 0.321 e. The van der Waals surface area contributed by atoms with Gasteiger partial charge in [0, 0.05) is 22.1 Å². The number of halogens is 3. The van der Waals surface area contributed by atoms with Crippen LogP contribution in [0.5, 0.6) is 0 Å². The summed E-state index contributed by atoms with van der Waals surface area (Å²) in [6.45, 7) is 3.81. The monoisotopic (exact) mass is 443 g/mol. The van der Waals surface area contributed by atoms with Crippen LogP contribution in [-0.4, -0.2) is 10.5 Å². The van der Waals surface area contributed by atoms with Crippen LogP contribution in [0.4, 0.5) is 5.69 Å². The average Bonchev–Trinajstić information content (AvgIpc) is 2.95. The molecule has 0 spiro atoms. The lowest BCUT2D eigenvalue weighted by Gasteiger charge is -2.12. The van der Waals surface area contributed by atoms with E-state index >= 15 is 0 Å². The van der Waals surface area contributed by atoms with Crippen molar-refractivity contribution >= 4 is 52.5 Å². The van der Waals surface area contributed by atoms with Gasteiger partial charge in [-0.2, -0.15) is 5.26 Å². The van der Waals surface area contributed by atoms with Gasteiger partial charge in [0.25, 0.3) is 5.91 Å². The number of anilines is 1. The molecule has 0 radical (unpaired) electrons. The van der Waals surface area contributed by atoms with Gasteiger partial charge in [-0.1, -0.05) is 46.9 Å². The van der Waals surface area contributed by atoms with Gasteiger partial charge in [0.15, 0.2) is 0 Å². The van der Waals surface area contributed by atoms with Gasteiger partial charge in [-0.05, 0) is 61.9 Å². The van der Waals surface area contributed by atoms with Crippen LogP contribution >= 0.6 is 34.8 Å². The van der Waals surface area contributed by atoms with E-state index in [9.17, 15) is 10.1 Å². The van der Waals surface area contributed by atoms with Crippen molar-refractivity contribution in [2.45, 2.75) is 13.8 Å². The van der Waals surface area contributed by atoms with Gasteiger partial charge in [0.05, 0.1) is 15.7 Å². The van der Waals surface area contributed by atoms with Crippen molar-refractivity contribution in [3.63, 3.8) is 0 Å². The lowest BCUT2D eigenvalue weighted by Crippen LogP contribution is -2.13. The van der Waals surface area contributed by atoms with Crippen LogP contribution in [0.2, 0.25) is 15.1 Å². The third kappa shape index (κ3) is 4.49. The summed E-state index contributed by atoms with van der Waals surface area (Å²) in [4.78, 5) is 12.5. The Kier molecular flexibility index (Phi) is 6.34. The van der Waals surface area contributed by atoms with Crippen molar-refractivity contribution in [3.8, 4) is 11.8 Å². The summed E-state index contributed by atoms with van der Waals surface area (Å²) in [6, 6.07) is 16.0. The van der Waals surface area contributed by atoms with Gasteiger partial charge in [-0.25, -0.2) is 0 Å². The Morgan fingerprint density at radius 3 is 2.52 bits per heavy atom. The lowest BCUT2D eigenvalue weighted by atomic mass is 10.1. The molecule has 1 amide bonds. The quantitative estimate of drug-likeness (QED) is 0.364. The third-order valence-corrected chi connectivity index (χ3v) is 5.43. The summed E-state index contributed by atoms with van der Waals surface area (Å²) in [5.74, 6) is -0.514. The summed E-state index contributed by atoms with van der Waals surface area (Å²) in [7, 11) is 0. The molecule has 1 aromatic heterocycles. The van der Waals surface area contributed by atoms with Gasteiger partial charge in [-0.15, -0.1) is 0 Å². The summed E-state index contributed by atoms with van der Waals surface area (Å²) < 4.78 is 1.93. The van der Waals surface area contributed by atoms with E-state index in [-0.39, 0.29) is 5.57 Å². The van der Waals surface area contributed by atoms with Crippen LogP contribution in [-0.2, 0) is 4.79 Å². The summed E-state index contributed by atoms with van der Waals surface area (Å²) in [6.07, 6.45) is 1.55. The molecule has 4 nitrogen and oxygen atoms in total. The summed E-state index contributed by atoms with van der Waals surface area (Å²) in [5.41, 5.74) is 3.68. The molecule has 0 saturated carbocycles. The van der Waals surface area contributed by atoms with E-state index in [0.717, 1.165) is 22.6 Å². The molecule has 3 rings (SSSR count). The van der Waals surface area contributed by atoms with Crippen LogP contribution in [0, 0.1) is 25.2 Å². The molecule has 2 aromatic carbocycles. The number of carbonyl (C=O) groups excluding carboxylic acids is 1. The van der Waals surface area contributed by atoms with Gasteiger partial charge in [0.2, 0.25) is 0 Å². The second-order valence-electron chi connectivity index (χ2n) is 6.37. The van der Waals surface area contributed by atoms with Crippen molar-refractivity contribution in [1.82, 2.24) is 4.57 Å². The molecular weight excluding hydrogens is 429 g/mol. The van der Waals surface area contributed by atoms with E-state index in [2.05, 4.69) is 5.32 Å². The standard InChI is InChI=1S/C22H16Cl3N3O/c1-13-9-15(14(2)28(13)20-8-4-7-19(24)21(20)25)10-16(12-26)22(29)27-18-6-3-5-17(23)11-18/h3-11H,1-2H3,(H,27,29)/b16-10-. The van der Waals surface area contributed by atoms with E-state index < -0.39 is 5.91 Å². The molecule has 29 heavy (non-hydrogen) atoms. The van der Waals surface area contributed by atoms with E-state index in [1.807, 2.05) is 42.7 Å². The number of nitrogens with one attached hydrogen (secondary N) is 1. The summed E-state index contributed by atoms with van der Waals surface area (Å²) >= 11 is 18.5. The van der Waals surface area contributed by atoms with Gasteiger partial charge in [-0.3, -0.25) is 4.79 Å². The van der Waals surface area contributed by atoms with E-state index in [0.29, 0.717) is 20.8 Å². The molecule has 0 bridgehead atoms. The van der Waals surface area contributed by atoms with E-state index in [4.69, 9.17) is 34.8 Å². The molecule has 0 atom stereocenters. The lowest BCUT2D eigenvalue weighted by molar-refractivity contribution is -0.112. The van der Waals surface area contributed by atoms with Crippen LogP contribution < -0.4 is 5.32 Å². The Hall–Kier alpha value is -2.71. The highest BCUT2D eigenvalue weighted by molar-refractivity contribution is 6.43. The van der Waals surface area contributed by atoms with Crippen molar-refractivity contribution in [1.29, 1.82) is 5.26 Å². The van der Waals surface area contributed by atoms with Crippen LogP contribution in [0.15, 0.2) is 54.1 Å². The Balaban J connectivity index is 1.98. The normalized spacial score (nSPS) is 11.2. The van der Waals surface area contributed by atoms with Crippen molar-refractivity contribution in [2.75, 3.05) is 5.32 Å².